The number of aliphatic hydroxyl groups excluding tert-OH is 1. The van der Waals surface area contributed by atoms with Gasteiger partial charge in [-0.1, -0.05) is 24.3 Å². The Labute approximate surface area is 245 Å². The minimum Gasteiger partial charge on any atom is -0.390 e. The van der Waals surface area contributed by atoms with E-state index in [2.05, 4.69) is 34.5 Å². The van der Waals surface area contributed by atoms with E-state index in [0.29, 0.717) is 37.0 Å². The number of β-amino-alcohol motifs (C(OH)–C–C–N with tert-alkyl or cyclic N) is 1. The van der Waals surface area contributed by atoms with E-state index in [0.717, 1.165) is 48.5 Å². The van der Waals surface area contributed by atoms with Gasteiger partial charge in [-0.3, -0.25) is 14.5 Å². The van der Waals surface area contributed by atoms with Crippen LogP contribution in [0.1, 0.15) is 52.7 Å². The van der Waals surface area contributed by atoms with Gasteiger partial charge in [-0.15, -0.1) is 11.3 Å². The van der Waals surface area contributed by atoms with Crippen LogP contribution in [0.4, 0.5) is 5.82 Å². The molecule has 1 aromatic carbocycles. The lowest BCUT2D eigenvalue weighted by Crippen LogP contribution is -2.56. The van der Waals surface area contributed by atoms with E-state index in [9.17, 15) is 14.7 Å². The number of nitrogens with one attached hydrogen (secondary N) is 1. The Balaban J connectivity index is 1.17. The van der Waals surface area contributed by atoms with E-state index in [1.54, 1.807) is 29.2 Å². The molecule has 216 valence electrons. The number of carbonyl (C=O) groups excluding carboxylic acids is 2. The highest BCUT2D eigenvalue weighted by molar-refractivity contribution is 7.15. The lowest BCUT2D eigenvalue weighted by molar-refractivity contribution is -0.129. The van der Waals surface area contributed by atoms with Crippen molar-refractivity contribution in [3.8, 4) is 10.7 Å². The molecule has 2 N–H and O–H groups in total. The fourth-order valence-electron chi connectivity index (χ4n) is 6.34. The van der Waals surface area contributed by atoms with Crippen molar-refractivity contribution < 1.29 is 14.7 Å². The molecular weight excluding hydrogens is 536 g/mol. The molecule has 2 amide bonds. The molecule has 5 heterocycles. The molecule has 3 aliphatic heterocycles. The number of aliphatic hydroxyl groups is 1. The van der Waals surface area contributed by atoms with E-state index < -0.39 is 6.10 Å². The Morgan fingerprint density at radius 1 is 0.976 bits per heavy atom. The molecule has 6 rings (SSSR count). The Morgan fingerprint density at radius 2 is 1.73 bits per heavy atom. The van der Waals surface area contributed by atoms with Crippen molar-refractivity contribution in [1.29, 1.82) is 0 Å². The molecule has 0 radical (unpaired) electrons. The minimum absolute atomic E-state index is 0.0283. The van der Waals surface area contributed by atoms with E-state index in [1.165, 1.54) is 11.1 Å². The molecule has 0 unspecified atom stereocenters. The zero-order valence-electron chi connectivity index (χ0n) is 23.8. The highest BCUT2D eigenvalue weighted by Crippen LogP contribution is 2.29. The van der Waals surface area contributed by atoms with Gasteiger partial charge in [-0.2, -0.15) is 0 Å². The van der Waals surface area contributed by atoms with Crippen LogP contribution in [0.15, 0.2) is 42.5 Å². The summed E-state index contributed by atoms with van der Waals surface area (Å²) >= 11 is 1.60. The van der Waals surface area contributed by atoms with Crippen LogP contribution in [0.25, 0.3) is 10.7 Å². The molecule has 3 aliphatic rings. The molecule has 2 fully saturated rings. The maximum absolute atomic E-state index is 13.8. The number of piperidine rings is 2. The van der Waals surface area contributed by atoms with Crippen LogP contribution in [0.2, 0.25) is 0 Å². The van der Waals surface area contributed by atoms with Crippen LogP contribution in [0.5, 0.6) is 0 Å². The Kier molecular flexibility index (Phi) is 8.05. The predicted octanol–water partition coefficient (Wildman–Crippen LogP) is 3.57. The molecule has 0 aliphatic carbocycles. The van der Waals surface area contributed by atoms with Gasteiger partial charge < -0.3 is 20.2 Å². The fourth-order valence-corrected chi connectivity index (χ4v) is 7.14. The first-order chi connectivity index (χ1) is 19.8. The van der Waals surface area contributed by atoms with Crippen molar-refractivity contribution in [3.63, 3.8) is 0 Å². The van der Waals surface area contributed by atoms with Gasteiger partial charge in [0.2, 0.25) is 5.91 Å². The fraction of sp³-hybridized carbons (Fsp3) is 0.484. The van der Waals surface area contributed by atoms with Crippen LogP contribution in [-0.2, 0) is 17.8 Å². The van der Waals surface area contributed by atoms with Gasteiger partial charge in [-0.25, -0.2) is 9.97 Å². The summed E-state index contributed by atoms with van der Waals surface area (Å²) in [7, 11) is 0. The molecule has 9 nitrogen and oxygen atoms in total. The summed E-state index contributed by atoms with van der Waals surface area (Å²) < 4.78 is 0. The van der Waals surface area contributed by atoms with Gasteiger partial charge in [0.05, 0.1) is 11.0 Å². The number of hydrogen-bond donors (Lipinski definition) is 2. The van der Waals surface area contributed by atoms with Crippen LogP contribution in [-0.4, -0.2) is 92.5 Å². The van der Waals surface area contributed by atoms with E-state index in [4.69, 9.17) is 9.97 Å². The zero-order chi connectivity index (χ0) is 28.5. The van der Waals surface area contributed by atoms with E-state index >= 15 is 0 Å². The number of anilines is 1. The van der Waals surface area contributed by atoms with Crippen molar-refractivity contribution in [1.82, 2.24) is 24.7 Å². The van der Waals surface area contributed by atoms with Crippen molar-refractivity contribution in [2.24, 2.45) is 0 Å². The molecule has 0 bridgehead atoms. The number of benzene rings is 1. The average Bonchev–Trinajstić information content (AvgIpc) is 3.43. The number of hydrogen-bond acceptors (Lipinski definition) is 8. The van der Waals surface area contributed by atoms with Crippen molar-refractivity contribution >= 4 is 29.0 Å². The molecule has 0 saturated carbocycles. The van der Waals surface area contributed by atoms with E-state index in [-0.39, 0.29) is 30.4 Å². The third kappa shape index (κ3) is 6.14. The second-order valence-corrected chi connectivity index (χ2v) is 12.7. The summed E-state index contributed by atoms with van der Waals surface area (Å²) in [5.74, 6) is 1.07. The largest absolute Gasteiger partial charge is 0.390 e. The van der Waals surface area contributed by atoms with Gasteiger partial charge in [0.1, 0.15) is 11.5 Å². The summed E-state index contributed by atoms with van der Waals surface area (Å²) in [4.78, 5) is 43.0. The number of amides is 2. The third-order valence-corrected chi connectivity index (χ3v) is 9.66. The molecule has 41 heavy (non-hydrogen) atoms. The molecule has 3 aromatic rings. The summed E-state index contributed by atoms with van der Waals surface area (Å²) in [5, 5.41) is 14.7. The lowest BCUT2D eigenvalue weighted by Gasteiger charge is -2.43. The smallest absolute Gasteiger partial charge is 0.272 e. The van der Waals surface area contributed by atoms with Crippen LogP contribution in [0.3, 0.4) is 0 Å². The number of aromatic nitrogens is 2. The van der Waals surface area contributed by atoms with Gasteiger partial charge in [0, 0.05) is 69.2 Å². The number of rotatable bonds is 5. The summed E-state index contributed by atoms with van der Waals surface area (Å²) in [5.41, 5.74) is 3.05. The highest BCUT2D eigenvalue weighted by atomic mass is 32.1. The first-order valence-corrected chi connectivity index (χ1v) is 15.4. The first-order valence-electron chi connectivity index (χ1n) is 14.6. The normalized spacial score (nSPS) is 21.9. The van der Waals surface area contributed by atoms with Crippen LogP contribution >= 0.6 is 11.3 Å². The molecule has 2 atom stereocenters. The quantitative estimate of drug-likeness (QED) is 0.481. The molecule has 2 aromatic heterocycles. The molecule has 2 saturated heterocycles. The number of fused-ring (bicyclic) bond motifs is 1. The van der Waals surface area contributed by atoms with Gasteiger partial charge in [0.15, 0.2) is 5.82 Å². The minimum atomic E-state index is -0.622. The second-order valence-electron chi connectivity index (χ2n) is 11.5. The topological polar surface area (TPSA) is 102 Å². The van der Waals surface area contributed by atoms with Crippen molar-refractivity contribution in [2.45, 2.75) is 64.3 Å². The first kappa shape index (κ1) is 27.8. The maximum Gasteiger partial charge on any atom is 0.272 e. The second kappa shape index (κ2) is 11.9. The molecule has 0 spiro atoms. The van der Waals surface area contributed by atoms with Crippen molar-refractivity contribution in [3.05, 3.63) is 64.2 Å². The summed E-state index contributed by atoms with van der Waals surface area (Å²) in [6.07, 6.45) is 2.72. The average molecular weight is 575 g/mol. The Bertz CT molecular complexity index is 1420. The number of aryl methyl sites for hydroxylation is 1. The van der Waals surface area contributed by atoms with Gasteiger partial charge >= 0.3 is 0 Å². The monoisotopic (exact) mass is 574 g/mol. The Morgan fingerprint density at radius 3 is 2.44 bits per heavy atom. The van der Waals surface area contributed by atoms with Crippen LogP contribution < -0.4 is 5.32 Å². The lowest BCUT2D eigenvalue weighted by atomic mass is 9.94. The SMILES string of the molecule is CC(=O)N1CCC(Nc2cc(C(=O)N3CC[C@@H](N4CCc5ccccc5C4)[C@H](O)C3)nc(-c3ccc(C)s3)n2)CC1. The molecule has 10 heteroatoms. The maximum atomic E-state index is 13.8. The summed E-state index contributed by atoms with van der Waals surface area (Å²) in [6.45, 7) is 7.67. The molecular formula is C31H38N6O3S. The number of carbonyl (C=O) groups is 2. The Hall–Kier alpha value is -3.34. The van der Waals surface area contributed by atoms with Gasteiger partial charge in [-0.05, 0) is 55.9 Å². The number of thiophene rings is 1. The number of likely N-dealkylation sites (tertiary alicyclic amines) is 2. The third-order valence-electron chi connectivity index (χ3n) is 8.66. The highest BCUT2D eigenvalue weighted by Gasteiger charge is 2.36. The number of nitrogens with zero attached hydrogens (tertiary/aromatic N) is 5. The zero-order valence-corrected chi connectivity index (χ0v) is 24.6. The standard InChI is InChI=1S/C31H38N6O3S/c1-20-7-8-28(41-20)30-33-25(17-29(34-30)32-24-10-14-35(15-11-24)21(2)38)31(40)37-16-12-26(27(39)19-37)36-13-9-22-5-3-4-6-23(22)18-36/h3-8,17,24,26-27,39H,9-16,18-19H2,1-2H3,(H,32,33,34)/t26-,27-/m1/s1. The van der Waals surface area contributed by atoms with Crippen LogP contribution in [0, 0.1) is 6.92 Å². The summed E-state index contributed by atoms with van der Waals surface area (Å²) in [6, 6.07) is 14.5. The van der Waals surface area contributed by atoms with Crippen molar-refractivity contribution in [2.75, 3.05) is 38.0 Å². The predicted molar refractivity (Wildman–Crippen MR) is 160 cm³/mol. The van der Waals surface area contributed by atoms with E-state index in [1.807, 2.05) is 24.0 Å². The van der Waals surface area contributed by atoms with Gasteiger partial charge in [0.25, 0.3) is 5.91 Å².